The number of hydrogen-bond acceptors (Lipinski definition) is 5. The van der Waals surface area contributed by atoms with Crippen molar-refractivity contribution in [3.8, 4) is 11.6 Å². The van der Waals surface area contributed by atoms with Crippen LogP contribution in [0.5, 0.6) is 11.6 Å². The maximum absolute atomic E-state index is 12.1. The lowest BCUT2D eigenvalue weighted by Crippen LogP contribution is -2.24. The Kier molecular flexibility index (Phi) is 4.41. The molecule has 1 aromatic heterocycles. The molecular weight excluding hydrogens is 271 g/mol. The Morgan fingerprint density at radius 1 is 1.42 bits per heavy atom. The van der Waals surface area contributed by atoms with E-state index in [2.05, 4.69) is 14.2 Å². The van der Waals surface area contributed by atoms with E-state index in [4.69, 9.17) is 0 Å². The van der Waals surface area contributed by atoms with Crippen LogP contribution in [0.3, 0.4) is 0 Å². The minimum Gasteiger partial charge on any atom is -0.482 e. The molecule has 0 saturated carbocycles. The number of pyridine rings is 1. The van der Waals surface area contributed by atoms with Crippen molar-refractivity contribution in [3.63, 3.8) is 0 Å². The summed E-state index contributed by atoms with van der Waals surface area (Å²) < 4.78 is 49.0. The number of rotatable bonds is 4. The van der Waals surface area contributed by atoms with Crippen LogP contribution >= 0.6 is 0 Å². The molecule has 0 aliphatic rings. The van der Waals surface area contributed by atoms with Crippen molar-refractivity contribution in [3.05, 3.63) is 22.0 Å². The molecule has 0 radical (unpaired) electrons. The first-order chi connectivity index (χ1) is 8.78. The largest absolute Gasteiger partial charge is 0.573 e. The summed E-state index contributed by atoms with van der Waals surface area (Å²) in [5.41, 5.74) is -1.55. The first-order valence-corrected chi connectivity index (χ1v) is 5.02. The van der Waals surface area contributed by atoms with Crippen molar-refractivity contribution < 1.29 is 32.2 Å². The number of aromatic nitrogens is 1. The fourth-order valence-electron chi connectivity index (χ4n) is 1.22. The molecule has 1 rings (SSSR count). The first-order valence-electron chi connectivity index (χ1n) is 5.02. The molecule has 9 heteroatoms. The van der Waals surface area contributed by atoms with Crippen molar-refractivity contribution in [2.24, 2.45) is 0 Å². The first kappa shape index (κ1) is 14.9. The van der Waals surface area contributed by atoms with Gasteiger partial charge in [-0.1, -0.05) is 0 Å². The number of ether oxygens (including phenoxy) is 3. The fraction of sp³-hybridized carbons (Fsp3) is 0.400. The number of H-pyrrole nitrogens is 1. The van der Waals surface area contributed by atoms with Crippen LogP contribution in [0.15, 0.2) is 10.9 Å². The van der Waals surface area contributed by atoms with Gasteiger partial charge in [-0.2, -0.15) is 0 Å². The van der Waals surface area contributed by atoms with Crippen molar-refractivity contribution in [2.45, 2.75) is 13.3 Å². The predicted molar refractivity (Wildman–Crippen MR) is 56.3 cm³/mol. The second-order valence-corrected chi connectivity index (χ2v) is 3.18. The second kappa shape index (κ2) is 5.63. The molecule has 1 N–H and O–H groups in total. The summed E-state index contributed by atoms with van der Waals surface area (Å²) in [5, 5.41) is 0. The van der Waals surface area contributed by atoms with Gasteiger partial charge in [0.05, 0.1) is 13.7 Å². The zero-order valence-corrected chi connectivity index (χ0v) is 9.96. The number of alkyl halides is 3. The lowest BCUT2D eigenvalue weighted by molar-refractivity contribution is -0.275. The molecule has 0 aromatic carbocycles. The summed E-state index contributed by atoms with van der Waals surface area (Å²) in [6.45, 7) is 1.53. The van der Waals surface area contributed by atoms with E-state index in [1.54, 1.807) is 0 Å². The van der Waals surface area contributed by atoms with E-state index in [1.165, 1.54) is 6.92 Å². The number of halogens is 3. The highest BCUT2D eigenvalue weighted by Gasteiger charge is 2.33. The zero-order valence-electron chi connectivity index (χ0n) is 9.96. The zero-order chi connectivity index (χ0) is 14.6. The van der Waals surface area contributed by atoms with Gasteiger partial charge in [-0.05, 0) is 6.92 Å². The Hall–Kier alpha value is -2.19. The molecule has 0 spiro atoms. The van der Waals surface area contributed by atoms with Crippen LogP contribution in [0.1, 0.15) is 17.3 Å². The highest BCUT2D eigenvalue weighted by atomic mass is 19.4. The SMILES string of the molecule is CCOC(=O)c1cc(OC(F)(F)F)c(=O)[nH]c1OC. The van der Waals surface area contributed by atoms with Crippen molar-refractivity contribution in [1.82, 2.24) is 4.98 Å². The minimum atomic E-state index is -5.05. The van der Waals surface area contributed by atoms with Gasteiger partial charge in [0.15, 0.2) is 5.75 Å². The van der Waals surface area contributed by atoms with E-state index in [-0.39, 0.29) is 18.1 Å². The summed E-state index contributed by atoms with van der Waals surface area (Å²) >= 11 is 0. The van der Waals surface area contributed by atoms with Crippen LogP contribution in [0.4, 0.5) is 13.2 Å². The van der Waals surface area contributed by atoms with Gasteiger partial charge in [0.2, 0.25) is 5.88 Å². The summed E-state index contributed by atoms with van der Waals surface area (Å²) in [7, 11) is 1.14. The van der Waals surface area contributed by atoms with Gasteiger partial charge in [-0.3, -0.25) is 9.78 Å². The molecule has 1 heterocycles. The molecule has 0 saturated heterocycles. The molecule has 0 aliphatic carbocycles. The molecule has 1 aromatic rings. The van der Waals surface area contributed by atoms with E-state index >= 15 is 0 Å². The van der Waals surface area contributed by atoms with Crippen molar-refractivity contribution >= 4 is 5.97 Å². The highest BCUT2D eigenvalue weighted by molar-refractivity contribution is 5.92. The van der Waals surface area contributed by atoms with E-state index in [9.17, 15) is 22.8 Å². The molecular formula is C10H10F3NO5. The lowest BCUT2D eigenvalue weighted by Gasteiger charge is -2.11. The smallest absolute Gasteiger partial charge is 0.482 e. The average Bonchev–Trinajstić information content (AvgIpc) is 2.29. The topological polar surface area (TPSA) is 77.6 Å². The minimum absolute atomic E-state index is 0.0105. The Labute approximate surface area is 105 Å². The maximum Gasteiger partial charge on any atom is 0.573 e. The second-order valence-electron chi connectivity index (χ2n) is 3.18. The molecule has 0 fully saturated rings. The molecule has 0 atom stereocenters. The van der Waals surface area contributed by atoms with Gasteiger partial charge in [-0.15, -0.1) is 13.2 Å². The van der Waals surface area contributed by atoms with E-state index in [0.29, 0.717) is 6.07 Å². The third-order valence-electron chi connectivity index (χ3n) is 1.90. The standard InChI is InChI=1S/C10H10F3NO5/c1-3-18-9(16)5-4-6(19-10(11,12)13)7(15)14-8(5)17-2/h4H,3H2,1-2H3,(H,14,15). The number of esters is 1. The normalized spacial score (nSPS) is 11.0. The molecule has 0 amide bonds. The summed E-state index contributed by atoms with van der Waals surface area (Å²) in [4.78, 5) is 24.7. The van der Waals surface area contributed by atoms with Crippen LogP contribution < -0.4 is 15.0 Å². The van der Waals surface area contributed by atoms with Crippen LogP contribution in [0.25, 0.3) is 0 Å². The van der Waals surface area contributed by atoms with Crippen molar-refractivity contribution in [1.29, 1.82) is 0 Å². The average molecular weight is 281 g/mol. The van der Waals surface area contributed by atoms with Gasteiger partial charge in [-0.25, -0.2) is 4.79 Å². The molecule has 0 bridgehead atoms. The summed E-state index contributed by atoms with van der Waals surface area (Å²) in [5.74, 6) is -2.32. The lowest BCUT2D eigenvalue weighted by atomic mass is 10.2. The van der Waals surface area contributed by atoms with Crippen molar-refractivity contribution in [2.75, 3.05) is 13.7 Å². The highest BCUT2D eigenvalue weighted by Crippen LogP contribution is 2.23. The maximum atomic E-state index is 12.1. The third-order valence-corrected chi connectivity index (χ3v) is 1.90. The number of hydrogen-bond donors (Lipinski definition) is 1. The van der Waals surface area contributed by atoms with Gasteiger partial charge < -0.3 is 14.2 Å². The quantitative estimate of drug-likeness (QED) is 0.845. The predicted octanol–water partition coefficient (Wildman–Crippen LogP) is 1.46. The van der Waals surface area contributed by atoms with Gasteiger partial charge in [0.1, 0.15) is 5.56 Å². The number of aromatic amines is 1. The number of methoxy groups -OCH3 is 1. The number of carbonyl (C=O) groups is 1. The molecule has 6 nitrogen and oxygen atoms in total. The molecule has 0 aliphatic heterocycles. The number of nitrogens with one attached hydrogen (secondary N) is 1. The molecule has 0 unspecified atom stereocenters. The van der Waals surface area contributed by atoms with Gasteiger partial charge in [0, 0.05) is 6.07 Å². The van der Waals surface area contributed by atoms with Gasteiger partial charge in [0.25, 0.3) is 5.56 Å². The van der Waals surface area contributed by atoms with E-state index in [0.717, 1.165) is 7.11 Å². The van der Waals surface area contributed by atoms with E-state index < -0.39 is 23.6 Å². The van der Waals surface area contributed by atoms with Crippen LogP contribution in [-0.2, 0) is 4.74 Å². The molecule has 19 heavy (non-hydrogen) atoms. The summed E-state index contributed by atoms with van der Waals surface area (Å²) in [6.07, 6.45) is -5.05. The monoisotopic (exact) mass is 281 g/mol. The van der Waals surface area contributed by atoms with Crippen LogP contribution in [0.2, 0.25) is 0 Å². The fourth-order valence-corrected chi connectivity index (χ4v) is 1.22. The third kappa shape index (κ3) is 3.90. The van der Waals surface area contributed by atoms with Gasteiger partial charge >= 0.3 is 12.3 Å². The van der Waals surface area contributed by atoms with Crippen LogP contribution in [-0.4, -0.2) is 31.0 Å². The van der Waals surface area contributed by atoms with E-state index in [1.807, 2.05) is 4.98 Å². The summed E-state index contributed by atoms with van der Waals surface area (Å²) in [6, 6.07) is 0.614. The Morgan fingerprint density at radius 2 is 2.05 bits per heavy atom. The Bertz CT molecular complexity index is 523. The molecule has 106 valence electrons. The Morgan fingerprint density at radius 3 is 2.53 bits per heavy atom. The Balaban J connectivity index is 3.25. The number of carbonyl (C=O) groups excluding carboxylic acids is 1. The van der Waals surface area contributed by atoms with Crippen LogP contribution in [0, 0.1) is 0 Å².